The van der Waals surface area contributed by atoms with Crippen LogP contribution in [0.1, 0.15) is 30.9 Å². The molecule has 0 saturated carbocycles. The summed E-state index contributed by atoms with van der Waals surface area (Å²) in [5.41, 5.74) is 2.29. The molecule has 0 aromatic heterocycles. The summed E-state index contributed by atoms with van der Waals surface area (Å²) in [6.07, 6.45) is 1.05. The van der Waals surface area contributed by atoms with Gasteiger partial charge in [-0.05, 0) is 63.9 Å². The fraction of sp³-hybridized carbons (Fsp3) is 0.632. The minimum Gasteiger partial charge on any atom is -0.491 e. The van der Waals surface area contributed by atoms with Crippen LogP contribution < -0.4 is 4.74 Å². The molecule has 0 bridgehead atoms. The van der Waals surface area contributed by atoms with Crippen LogP contribution in [0.15, 0.2) is 18.2 Å². The molecule has 1 aromatic carbocycles. The van der Waals surface area contributed by atoms with Crippen LogP contribution in [-0.2, 0) is 9.53 Å². The second-order valence-electron chi connectivity index (χ2n) is 6.49. The van der Waals surface area contributed by atoms with Gasteiger partial charge in [-0.2, -0.15) is 0 Å². The Labute approximate surface area is 156 Å². The molecule has 1 aliphatic rings. The highest BCUT2D eigenvalue weighted by Gasteiger charge is 2.26. The Morgan fingerprint density at radius 1 is 1.32 bits per heavy atom. The third-order valence-electron chi connectivity index (χ3n) is 4.66. The van der Waals surface area contributed by atoms with Crippen LogP contribution >= 0.6 is 12.4 Å². The molecule has 1 aliphatic heterocycles. The molecule has 1 saturated heterocycles. The van der Waals surface area contributed by atoms with E-state index in [1.165, 1.54) is 5.56 Å². The van der Waals surface area contributed by atoms with Gasteiger partial charge in [-0.25, -0.2) is 0 Å². The summed E-state index contributed by atoms with van der Waals surface area (Å²) in [5.74, 6) is 0.746. The molecule has 1 N–H and O–H groups in total. The van der Waals surface area contributed by atoms with Crippen molar-refractivity contribution < 1.29 is 19.4 Å². The number of ether oxygens (including phenoxy) is 2. The van der Waals surface area contributed by atoms with E-state index < -0.39 is 6.10 Å². The van der Waals surface area contributed by atoms with Gasteiger partial charge in [0.25, 0.3) is 0 Å². The van der Waals surface area contributed by atoms with Crippen LogP contribution in [0.4, 0.5) is 0 Å². The number of carbonyl (C=O) groups excluding carboxylic acids is 1. The molecule has 25 heavy (non-hydrogen) atoms. The molecule has 1 atom stereocenters. The normalized spacial score (nSPS) is 16.8. The lowest BCUT2D eigenvalue weighted by Crippen LogP contribution is -2.42. The third-order valence-corrected chi connectivity index (χ3v) is 4.66. The van der Waals surface area contributed by atoms with E-state index in [0.29, 0.717) is 13.2 Å². The zero-order valence-corrected chi connectivity index (χ0v) is 16.2. The first-order valence-electron chi connectivity index (χ1n) is 8.77. The van der Waals surface area contributed by atoms with Gasteiger partial charge < -0.3 is 19.5 Å². The summed E-state index contributed by atoms with van der Waals surface area (Å²) in [4.78, 5) is 13.9. The first-order valence-corrected chi connectivity index (χ1v) is 8.77. The van der Waals surface area contributed by atoms with E-state index in [1.807, 2.05) is 39.0 Å². The highest BCUT2D eigenvalue weighted by Crippen LogP contribution is 2.21. The standard InChI is InChI=1S/C19H29NO4.ClH/c1-4-23-19(22)16-8-10-20(11-9-16)12-17(21)13-24-18-7-5-6-14(2)15(18)3;/h5-7,16-17,21H,4,8-13H2,1-3H3;1H. The predicted molar refractivity (Wildman–Crippen MR) is 100 cm³/mol. The maximum Gasteiger partial charge on any atom is 0.309 e. The van der Waals surface area contributed by atoms with Crippen molar-refractivity contribution in [3.8, 4) is 5.75 Å². The van der Waals surface area contributed by atoms with Crippen molar-refractivity contribution in [2.45, 2.75) is 39.7 Å². The van der Waals surface area contributed by atoms with Gasteiger partial charge in [0.2, 0.25) is 0 Å². The van der Waals surface area contributed by atoms with Gasteiger partial charge in [0.15, 0.2) is 0 Å². The van der Waals surface area contributed by atoms with Crippen molar-refractivity contribution in [3.63, 3.8) is 0 Å². The number of benzene rings is 1. The SMILES string of the molecule is CCOC(=O)C1CCN(CC(O)COc2cccc(C)c2C)CC1.Cl. The van der Waals surface area contributed by atoms with Crippen molar-refractivity contribution in [2.24, 2.45) is 5.92 Å². The molecule has 0 radical (unpaired) electrons. The lowest BCUT2D eigenvalue weighted by Gasteiger charge is -2.32. The zero-order chi connectivity index (χ0) is 17.5. The van der Waals surface area contributed by atoms with Gasteiger partial charge in [0.1, 0.15) is 18.5 Å². The first kappa shape index (κ1) is 21.7. The minimum absolute atomic E-state index is 0. The second kappa shape index (κ2) is 10.6. The van der Waals surface area contributed by atoms with Crippen LogP contribution in [-0.4, -0.2) is 54.9 Å². The lowest BCUT2D eigenvalue weighted by molar-refractivity contribution is -0.149. The van der Waals surface area contributed by atoms with Crippen molar-refractivity contribution in [1.29, 1.82) is 0 Å². The van der Waals surface area contributed by atoms with Gasteiger partial charge in [-0.3, -0.25) is 4.79 Å². The number of halogens is 1. The molecule has 2 rings (SSSR count). The Bertz CT molecular complexity index is 544. The highest BCUT2D eigenvalue weighted by atomic mass is 35.5. The first-order chi connectivity index (χ1) is 11.5. The number of β-amino-alcohol motifs (C(OH)–C–C–N with tert-alkyl or cyclic N) is 1. The number of aryl methyl sites for hydroxylation is 1. The lowest BCUT2D eigenvalue weighted by atomic mass is 9.97. The summed E-state index contributed by atoms with van der Waals surface area (Å²) >= 11 is 0. The number of rotatable bonds is 7. The summed E-state index contributed by atoms with van der Waals surface area (Å²) in [7, 11) is 0. The van der Waals surface area contributed by atoms with Crippen molar-refractivity contribution in [3.05, 3.63) is 29.3 Å². The molecule has 0 aliphatic carbocycles. The average Bonchev–Trinajstić information content (AvgIpc) is 2.57. The number of hydrogen-bond donors (Lipinski definition) is 1. The van der Waals surface area contributed by atoms with Crippen molar-refractivity contribution in [2.75, 3.05) is 32.8 Å². The summed E-state index contributed by atoms with van der Waals surface area (Å²) < 4.78 is 10.8. The molecule has 1 heterocycles. The number of nitrogens with zero attached hydrogens (tertiary/aromatic N) is 1. The monoisotopic (exact) mass is 371 g/mol. The molecule has 0 spiro atoms. The topological polar surface area (TPSA) is 59.0 Å². The van der Waals surface area contributed by atoms with Crippen LogP contribution in [0.5, 0.6) is 5.75 Å². The van der Waals surface area contributed by atoms with E-state index in [0.717, 1.165) is 37.2 Å². The molecule has 6 heteroatoms. The maximum absolute atomic E-state index is 11.7. The molecule has 5 nitrogen and oxygen atoms in total. The molecular formula is C19H30ClNO4. The fourth-order valence-corrected chi connectivity index (χ4v) is 3.03. The number of aliphatic hydroxyl groups excluding tert-OH is 1. The Kier molecular flexibility index (Phi) is 9.25. The number of hydrogen-bond acceptors (Lipinski definition) is 5. The number of likely N-dealkylation sites (tertiary alicyclic amines) is 1. The fourth-order valence-electron chi connectivity index (χ4n) is 3.03. The zero-order valence-electron chi connectivity index (χ0n) is 15.4. The summed E-state index contributed by atoms with van der Waals surface area (Å²) in [5, 5.41) is 10.2. The predicted octanol–water partition coefficient (Wildman–Crippen LogP) is 2.74. The molecule has 1 aromatic rings. The third kappa shape index (κ3) is 6.49. The maximum atomic E-state index is 11.7. The molecule has 0 amide bonds. The second-order valence-corrected chi connectivity index (χ2v) is 6.49. The van der Waals surface area contributed by atoms with Crippen LogP contribution in [0, 0.1) is 19.8 Å². The van der Waals surface area contributed by atoms with Crippen molar-refractivity contribution >= 4 is 18.4 Å². The van der Waals surface area contributed by atoms with E-state index >= 15 is 0 Å². The van der Waals surface area contributed by atoms with Gasteiger partial charge in [-0.1, -0.05) is 12.1 Å². The highest BCUT2D eigenvalue weighted by molar-refractivity contribution is 5.85. The molecule has 142 valence electrons. The Balaban J connectivity index is 0.00000312. The Morgan fingerprint density at radius 2 is 2.00 bits per heavy atom. The summed E-state index contributed by atoms with van der Waals surface area (Å²) in [6, 6.07) is 5.94. The smallest absolute Gasteiger partial charge is 0.309 e. The number of aliphatic hydroxyl groups is 1. The van der Waals surface area contributed by atoms with E-state index in [-0.39, 0.29) is 30.9 Å². The van der Waals surface area contributed by atoms with E-state index in [2.05, 4.69) is 4.90 Å². The van der Waals surface area contributed by atoms with Crippen LogP contribution in [0.3, 0.4) is 0 Å². The minimum atomic E-state index is -0.538. The van der Waals surface area contributed by atoms with Gasteiger partial charge in [-0.15, -0.1) is 12.4 Å². The van der Waals surface area contributed by atoms with Gasteiger partial charge >= 0.3 is 5.97 Å². The van der Waals surface area contributed by atoms with Crippen LogP contribution in [0.25, 0.3) is 0 Å². The van der Waals surface area contributed by atoms with Crippen LogP contribution in [0.2, 0.25) is 0 Å². The quantitative estimate of drug-likeness (QED) is 0.747. The number of esters is 1. The van der Waals surface area contributed by atoms with Crippen molar-refractivity contribution in [1.82, 2.24) is 4.90 Å². The molecule has 1 unspecified atom stereocenters. The molecular weight excluding hydrogens is 342 g/mol. The largest absolute Gasteiger partial charge is 0.491 e. The van der Waals surface area contributed by atoms with E-state index in [1.54, 1.807) is 0 Å². The Hall–Kier alpha value is -1.30. The summed E-state index contributed by atoms with van der Waals surface area (Å²) in [6.45, 7) is 8.81. The van der Waals surface area contributed by atoms with E-state index in [4.69, 9.17) is 9.47 Å². The Morgan fingerprint density at radius 3 is 2.64 bits per heavy atom. The number of carbonyl (C=O) groups is 1. The van der Waals surface area contributed by atoms with Gasteiger partial charge in [0, 0.05) is 6.54 Å². The van der Waals surface area contributed by atoms with Gasteiger partial charge in [0.05, 0.1) is 12.5 Å². The average molecular weight is 372 g/mol. The number of piperidine rings is 1. The van der Waals surface area contributed by atoms with E-state index in [9.17, 15) is 9.90 Å². The molecule has 1 fully saturated rings.